The molecule has 3 nitrogen and oxygen atoms in total. The average molecular weight is 213 g/mol. The third kappa shape index (κ3) is 2.26. The molecular formula is C8H7NO2S2. The van der Waals surface area contributed by atoms with Gasteiger partial charge in [0.25, 0.3) is 5.69 Å². The monoisotopic (exact) mass is 213 g/mol. The van der Waals surface area contributed by atoms with Gasteiger partial charge in [0.1, 0.15) is 0 Å². The second kappa shape index (κ2) is 3.85. The molecule has 1 aromatic carbocycles. The van der Waals surface area contributed by atoms with E-state index in [0.717, 1.165) is 5.56 Å². The molecule has 13 heavy (non-hydrogen) atoms. The minimum Gasteiger partial charge on any atom is -0.258 e. The predicted octanol–water partition coefficient (Wildman–Crippen LogP) is 2.51. The molecule has 0 radical (unpaired) electrons. The molecule has 0 atom stereocenters. The quantitative estimate of drug-likeness (QED) is 0.355. The summed E-state index contributed by atoms with van der Waals surface area (Å²) in [7, 11) is 0. The Morgan fingerprint density at radius 1 is 1.62 bits per heavy atom. The van der Waals surface area contributed by atoms with E-state index < -0.39 is 4.92 Å². The molecule has 1 aromatic rings. The lowest BCUT2D eigenvalue weighted by molar-refractivity contribution is -0.385. The fourth-order valence-electron chi connectivity index (χ4n) is 0.993. The third-order valence-electron chi connectivity index (χ3n) is 1.64. The number of nitro benzene ring substituents is 1. The summed E-state index contributed by atoms with van der Waals surface area (Å²) in [5, 5.41) is 10.5. The van der Waals surface area contributed by atoms with Crippen LogP contribution in [0.3, 0.4) is 0 Å². The van der Waals surface area contributed by atoms with Crippen molar-refractivity contribution in [2.24, 2.45) is 0 Å². The van der Waals surface area contributed by atoms with E-state index in [4.69, 9.17) is 12.2 Å². The lowest BCUT2D eigenvalue weighted by Gasteiger charge is -1.99. The summed E-state index contributed by atoms with van der Waals surface area (Å²) in [6.45, 7) is 1.67. The molecule has 0 aromatic heterocycles. The van der Waals surface area contributed by atoms with Crippen LogP contribution >= 0.6 is 24.8 Å². The molecule has 5 heteroatoms. The van der Waals surface area contributed by atoms with Crippen molar-refractivity contribution < 1.29 is 4.92 Å². The first-order chi connectivity index (χ1) is 6.02. The fraction of sp³-hybridized carbons (Fsp3) is 0.125. The fourth-order valence-corrected chi connectivity index (χ4v) is 1.26. The van der Waals surface area contributed by atoms with Crippen LogP contribution in [-0.4, -0.2) is 9.12 Å². The summed E-state index contributed by atoms with van der Waals surface area (Å²) in [5.74, 6) is 0. The summed E-state index contributed by atoms with van der Waals surface area (Å²) in [6, 6.07) is 4.70. The van der Waals surface area contributed by atoms with E-state index >= 15 is 0 Å². The minimum absolute atomic E-state index is 0.105. The maximum absolute atomic E-state index is 10.5. The average Bonchev–Trinajstić information content (AvgIpc) is 2.03. The van der Waals surface area contributed by atoms with Gasteiger partial charge in [-0.25, -0.2) is 0 Å². The molecule has 0 saturated carbocycles. The van der Waals surface area contributed by atoms with Crippen LogP contribution in [0.25, 0.3) is 0 Å². The zero-order valence-electron chi connectivity index (χ0n) is 6.85. The van der Waals surface area contributed by atoms with E-state index in [1.54, 1.807) is 19.1 Å². The van der Waals surface area contributed by atoms with Gasteiger partial charge in [0.15, 0.2) is 0 Å². The molecule has 0 aliphatic carbocycles. The van der Waals surface area contributed by atoms with Crippen LogP contribution in [0.2, 0.25) is 0 Å². The van der Waals surface area contributed by atoms with E-state index in [1.807, 2.05) is 0 Å². The van der Waals surface area contributed by atoms with Crippen LogP contribution in [0, 0.1) is 17.0 Å². The number of hydrogen-bond acceptors (Lipinski definition) is 3. The second-order valence-electron chi connectivity index (χ2n) is 2.56. The summed E-state index contributed by atoms with van der Waals surface area (Å²) >= 11 is 8.81. The Bertz CT molecular complexity index is 376. The molecule has 0 heterocycles. The summed E-state index contributed by atoms with van der Waals surface area (Å²) in [4.78, 5) is 10.0. The van der Waals surface area contributed by atoms with Crippen molar-refractivity contribution in [2.45, 2.75) is 6.92 Å². The number of hydrogen-bond donors (Lipinski definition) is 1. The molecule has 68 valence electrons. The molecule has 0 amide bonds. The molecule has 0 fully saturated rings. The number of nitrogens with zero attached hydrogens (tertiary/aromatic N) is 1. The number of nitro groups is 1. The standard InChI is InChI=1S/C8H7NO2S2/c1-5-4-6(8(12)13)2-3-7(5)9(10)11/h2-4H,1H3,(H,12,13). The maximum atomic E-state index is 10.5. The summed E-state index contributed by atoms with van der Waals surface area (Å²) < 4.78 is 0.443. The van der Waals surface area contributed by atoms with Crippen LogP contribution < -0.4 is 0 Å². The van der Waals surface area contributed by atoms with Crippen molar-refractivity contribution in [1.82, 2.24) is 0 Å². The molecule has 0 saturated heterocycles. The lowest BCUT2D eigenvalue weighted by Crippen LogP contribution is -1.94. The van der Waals surface area contributed by atoms with Crippen molar-refractivity contribution >= 4 is 34.7 Å². The maximum Gasteiger partial charge on any atom is 0.272 e. The van der Waals surface area contributed by atoms with Gasteiger partial charge in [-0.15, -0.1) is 12.6 Å². The van der Waals surface area contributed by atoms with Gasteiger partial charge in [0.05, 0.1) is 9.12 Å². The molecule has 0 unspecified atom stereocenters. The Morgan fingerprint density at radius 2 is 2.23 bits per heavy atom. The first-order valence-corrected chi connectivity index (χ1v) is 4.36. The highest BCUT2D eigenvalue weighted by atomic mass is 32.1. The van der Waals surface area contributed by atoms with E-state index in [9.17, 15) is 10.1 Å². The third-order valence-corrected chi connectivity index (χ3v) is 2.13. The zero-order valence-corrected chi connectivity index (χ0v) is 8.56. The van der Waals surface area contributed by atoms with Crippen molar-refractivity contribution in [3.05, 3.63) is 39.4 Å². The van der Waals surface area contributed by atoms with Gasteiger partial charge < -0.3 is 0 Å². The normalized spacial score (nSPS) is 9.69. The van der Waals surface area contributed by atoms with Crippen LogP contribution in [0.4, 0.5) is 5.69 Å². The number of rotatable bonds is 2. The molecule has 0 bridgehead atoms. The second-order valence-corrected chi connectivity index (χ2v) is 3.72. The molecule has 0 aliphatic heterocycles. The highest BCUT2D eigenvalue weighted by molar-refractivity contribution is 8.11. The van der Waals surface area contributed by atoms with Crippen molar-refractivity contribution in [1.29, 1.82) is 0 Å². The van der Waals surface area contributed by atoms with Crippen molar-refractivity contribution in [3.63, 3.8) is 0 Å². The first kappa shape index (κ1) is 10.1. The number of thiocarbonyl (C=S) groups is 1. The van der Waals surface area contributed by atoms with Gasteiger partial charge in [-0.3, -0.25) is 10.1 Å². The highest BCUT2D eigenvalue weighted by Crippen LogP contribution is 2.19. The van der Waals surface area contributed by atoms with E-state index in [0.29, 0.717) is 9.76 Å². The topological polar surface area (TPSA) is 43.1 Å². The zero-order chi connectivity index (χ0) is 10.0. The number of aryl methyl sites for hydroxylation is 1. The smallest absolute Gasteiger partial charge is 0.258 e. The van der Waals surface area contributed by atoms with Crippen LogP contribution in [0.5, 0.6) is 0 Å². The Kier molecular flexibility index (Phi) is 3.00. The molecule has 0 spiro atoms. The number of thiol groups is 1. The molecule has 0 N–H and O–H groups in total. The SMILES string of the molecule is Cc1cc(C(=S)S)ccc1[N+](=O)[O-]. The largest absolute Gasteiger partial charge is 0.272 e. The Labute approximate surface area is 86.3 Å². The van der Waals surface area contributed by atoms with Gasteiger partial charge in [-0.1, -0.05) is 12.2 Å². The van der Waals surface area contributed by atoms with Gasteiger partial charge in [0, 0.05) is 11.6 Å². The Balaban J connectivity index is 3.20. The molecule has 1 rings (SSSR count). The first-order valence-electron chi connectivity index (χ1n) is 3.50. The van der Waals surface area contributed by atoms with Crippen LogP contribution in [0.15, 0.2) is 18.2 Å². The molecule has 0 aliphatic rings. The van der Waals surface area contributed by atoms with E-state index in [2.05, 4.69) is 12.6 Å². The lowest BCUT2D eigenvalue weighted by atomic mass is 10.1. The molecular weight excluding hydrogens is 206 g/mol. The van der Waals surface area contributed by atoms with Crippen molar-refractivity contribution in [2.75, 3.05) is 0 Å². The minimum atomic E-state index is -0.416. The van der Waals surface area contributed by atoms with Crippen LogP contribution in [0.1, 0.15) is 11.1 Å². The summed E-state index contributed by atoms with van der Waals surface area (Å²) in [6.07, 6.45) is 0. The predicted molar refractivity (Wildman–Crippen MR) is 58.5 cm³/mol. The number of benzene rings is 1. The van der Waals surface area contributed by atoms with Gasteiger partial charge >= 0.3 is 0 Å². The van der Waals surface area contributed by atoms with Gasteiger partial charge in [0.2, 0.25) is 0 Å². The van der Waals surface area contributed by atoms with E-state index in [-0.39, 0.29) is 5.69 Å². The summed E-state index contributed by atoms with van der Waals surface area (Å²) in [5.41, 5.74) is 1.44. The highest BCUT2D eigenvalue weighted by Gasteiger charge is 2.10. The van der Waals surface area contributed by atoms with E-state index in [1.165, 1.54) is 6.07 Å². The van der Waals surface area contributed by atoms with Gasteiger partial charge in [-0.2, -0.15) is 0 Å². The Hall–Kier alpha value is -0.940. The van der Waals surface area contributed by atoms with Crippen molar-refractivity contribution in [3.8, 4) is 0 Å². The Morgan fingerprint density at radius 3 is 2.62 bits per heavy atom. The van der Waals surface area contributed by atoms with Crippen LogP contribution in [-0.2, 0) is 0 Å². The van der Waals surface area contributed by atoms with Gasteiger partial charge in [-0.05, 0) is 24.6 Å².